The van der Waals surface area contributed by atoms with Crippen LogP contribution in [-0.2, 0) is 0 Å². The van der Waals surface area contributed by atoms with Crippen LogP contribution in [0.15, 0.2) is 0 Å². The highest BCUT2D eigenvalue weighted by Gasteiger charge is 2.46. The molecule has 9 atom stereocenters. The first-order chi connectivity index (χ1) is 30.5. The van der Waals surface area contributed by atoms with Gasteiger partial charge in [0.2, 0.25) is 5.92 Å². The quantitative estimate of drug-likeness (QED) is 0.247. The number of hydrogen-bond donors (Lipinski definition) is 0. The Morgan fingerprint density at radius 1 is 0.382 bits per heavy atom. The molecule has 0 saturated heterocycles. The first-order valence-corrected chi connectivity index (χ1v) is 27.8. The zero-order valence-corrected chi connectivity index (χ0v) is 48.2. The van der Waals surface area contributed by atoms with Crippen LogP contribution in [-0.4, -0.2) is 42.4 Å². The van der Waals surface area contributed by atoms with Crippen molar-refractivity contribution in [1.29, 1.82) is 0 Å². The lowest BCUT2D eigenvalue weighted by Gasteiger charge is -2.37. The van der Waals surface area contributed by atoms with E-state index in [0.717, 1.165) is 74.0 Å². The lowest BCUT2D eigenvalue weighted by Crippen LogP contribution is -2.37. The molecule has 0 nitrogen and oxygen atoms in total. The van der Waals surface area contributed by atoms with Gasteiger partial charge in [-0.2, -0.15) is 0 Å². The van der Waals surface area contributed by atoms with E-state index in [0.29, 0.717) is 54.3 Å². The molecule has 4 unspecified atom stereocenters. The molecule has 7 aliphatic carbocycles. The summed E-state index contributed by atoms with van der Waals surface area (Å²) in [6.07, 6.45) is 7.71. The van der Waals surface area contributed by atoms with Gasteiger partial charge in [-0.1, -0.05) is 138 Å². The van der Waals surface area contributed by atoms with Gasteiger partial charge in [-0.25, -0.2) is 35.1 Å². The van der Waals surface area contributed by atoms with Gasteiger partial charge < -0.3 is 0 Å². The Morgan fingerprint density at radius 3 is 0.809 bits per heavy atom. The fourth-order valence-electron chi connectivity index (χ4n) is 11.1. The van der Waals surface area contributed by atoms with Crippen molar-refractivity contribution < 1.29 is 35.1 Å². The Hall–Kier alpha value is -0.560. The van der Waals surface area contributed by atoms with Crippen LogP contribution in [0.4, 0.5) is 35.1 Å². The predicted octanol–water partition coefficient (Wildman–Crippen LogP) is 21.0. The average molecular weight is 986 g/mol. The van der Waals surface area contributed by atoms with Crippen LogP contribution in [0.5, 0.6) is 0 Å². The van der Waals surface area contributed by atoms with Crippen molar-refractivity contribution in [2.75, 3.05) is 0 Å². The minimum Gasteiger partial charge on any atom is -0.247 e. The van der Waals surface area contributed by atoms with E-state index in [1.54, 1.807) is 6.92 Å². The van der Waals surface area contributed by atoms with E-state index >= 15 is 0 Å². The molecule has 0 aromatic heterocycles. The molecule has 7 fully saturated rings. The molecule has 7 aliphatic rings. The number of hydrogen-bond acceptors (Lipinski definition) is 0. The van der Waals surface area contributed by atoms with Gasteiger partial charge in [0.05, 0.1) is 0 Å². The fraction of sp³-hybridized carbons (Fsp3) is 1.00. The second-order valence-electron chi connectivity index (χ2n) is 29.3. The van der Waals surface area contributed by atoms with Crippen molar-refractivity contribution >= 4 is 0 Å². The number of halogens is 8. The van der Waals surface area contributed by atoms with Crippen LogP contribution < -0.4 is 0 Å². The summed E-state index contributed by atoms with van der Waals surface area (Å²) in [5.74, 6) is 6.07. The molecule has 0 aromatic carbocycles. The van der Waals surface area contributed by atoms with Crippen molar-refractivity contribution in [3.63, 3.8) is 0 Å². The third kappa shape index (κ3) is 24.4. The van der Waals surface area contributed by atoms with Gasteiger partial charge in [-0.05, 0) is 189 Å². The number of rotatable bonds is 3. The van der Waals surface area contributed by atoms with Gasteiger partial charge in [-0.3, -0.25) is 0 Å². The summed E-state index contributed by atoms with van der Waals surface area (Å²) in [6.45, 7) is 45.2. The van der Waals surface area contributed by atoms with E-state index in [-0.39, 0.29) is 41.4 Å². The predicted molar refractivity (Wildman–Crippen MR) is 278 cm³/mol. The van der Waals surface area contributed by atoms with E-state index in [2.05, 4.69) is 83.1 Å². The molecule has 0 N–H and O–H groups in total. The lowest BCUT2D eigenvalue weighted by molar-refractivity contribution is -0.122. The van der Waals surface area contributed by atoms with Crippen molar-refractivity contribution in [2.45, 2.75) is 291 Å². The van der Waals surface area contributed by atoms with Crippen LogP contribution in [0.3, 0.4) is 0 Å². The van der Waals surface area contributed by atoms with Gasteiger partial charge in [-0.15, -0.1) is 0 Å². The molecule has 0 aromatic rings. The highest BCUT2D eigenvalue weighted by Crippen LogP contribution is 2.48. The van der Waals surface area contributed by atoms with Gasteiger partial charge >= 0.3 is 0 Å². The van der Waals surface area contributed by atoms with Crippen LogP contribution in [0, 0.1) is 92.7 Å². The Kier molecular flexibility index (Phi) is 26.1. The normalized spacial score (nSPS) is 35.8. The molecule has 0 spiro atoms. The summed E-state index contributed by atoms with van der Waals surface area (Å²) in [4.78, 5) is 0. The van der Waals surface area contributed by atoms with Gasteiger partial charge in [0.25, 0.3) is 0 Å². The van der Waals surface area contributed by atoms with Gasteiger partial charge in [0, 0.05) is 12.8 Å². The third-order valence-electron chi connectivity index (χ3n) is 17.5. The van der Waals surface area contributed by atoms with Crippen molar-refractivity contribution in [1.82, 2.24) is 0 Å². The second-order valence-corrected chi connectivity index (χ2v) is 29.3. The van der Waals surface area contributed by atoms with E-state index in [9.17, 15) is 35.1 Å². The minimum atomic E-state index is -2.32. The molecule has 8 heteroatoms. The summed E-state index contributed by atoms with van der Waals surface area (Å²) < 4.78 is 101. The third-order valence-corrected chi connectivity index (χ3v) is 17.5. The SMILES string of the molecule is CC(C)(C)C1CC[C@H](F)C1.CC(C)(C)C1C[C@@H](F)[C@@H](F)C1.CC(C)(C)C1C[C@@H](F)[C@H](F)C1.CC(C)C1CC(F)(F)C1.CC1(F)CCC(C(C)(C)C)C1.CC1CC(C(C)C)C1.CC1CC(C(C)C)C1. The molecule has 0 radical (unpaired) electrons. The summed E-state index contributed by atoms with van der Waals surface area (Å²) in [5.41, 5.74) is -0.140. The standard InChI is InChI=1S/C10H19F.2C9H16F2.C9H17F.2C8H16.C7H12F2/c1-9(2,3)8-5-6-10(4,11)7-8;2*1-9(2,3)6-4-7(10)8(11)5-6;1-9(2,3)7-4-5-8(10)6-7;2*1-6(2)8-4-7(3)5-8;1-5(2)6-3-7(8,9)4-6/h8H,5-7H2,1-4H3;2*6-8H,4-5H2,1-3H3;7-8H,4-6H2,1-3H3;2*6-8H,4-5H2,1-3H3;5-6H,3-4H2,1-2H3/t;7-,8-;6?,7-,8+;7?,8-;;;/m.1.0.../s1. The molecule has 68 heavy (non-hydrogen) atoms. The Bertz CT molecular complexity index is 1250. The Morgan fingerprint density at radius 2 is 0.691 bits per heavy atom. The summed E-state index contributed by atoms with van der Waals surface area (Å²) in [5, 5.41) is 0. The molecule has 0 amide bonds. The van der Waals surface area contributed by atoms with Crippen LogP contribution in [0.2, 0.25) is 0 Å². The van der Waals surface area contributed by atoms with Gasteiger partial charge in [0.15, 0.2) is 0 Å². The fourth-order valence-corrected chi connectivity index (χ4v) is 11.1. The zero-order valence-electron chi connectivity index (χ0n) is 48.2. The van der Waals surface area contributed by atoms with Gasteiger partial charge in [0.1, 0.15) is 36.5 Å². The monoisotopic (exact) mass is 985 g/mol. The molecule has 7 rings (SSSR count). The first-order valence-electron chi connectivity index (χ1n) is 27.8. The maximum absolute atomic E-state index is 13.4. The summed E-state index contributed by atoms with van der Waals surface area (Å²) >= 11 is 0. The molecule has 408 valence electrons. The van der Waals surface area contributed by atoms with Crippen LogP contribution in [0.25, 0.3) is 0 Å². The molecule has 0 heterocycles. The minimum absolute atomic E-state index is 0.0607. The van der Waals surface area contributed by atoms with E-state index < -0.39 is 42.4 Å². The van der Waals surface area contributed by atoms with E-state index in [1.807, 2.05) is 55.4 Å². The lowest BCUT2D eigenvalue weighted by atomic mass is 9.71. The van der Waals surface area contributed by atoms with Crippen molar-refractivity contribution in [3.8, 4) is 0 Å². The Labute approximate surface area is 417 Å². The van der Waals surface area contributed by atoms with E-state index in [4.69, 9.17) is 0 Å². The highest BCUT2D eigenvalue weighted by molar-refractivity contribution is 4.92. The zero-order chi connectivity index (χ0) is 53.1. The molecule has 7 saturated carbocycles. The molecule has 0 aliphatic heterocycles. The van der Waals surface area contributed by atoms with Crippen LogP contribution >= 0.6 is 0 Å². The summed E-state index contributed by atoms with van der Waals surface area (Å²) in [7, 11) is 0. The second kappa shape index (κ2) is 27.1. The van der Waals surface area contributed by atoms with Crippen molar-refractivity contribution in [2.24, 2.45) is 92.7 Å². The first kappa shape index (κ1) is 65.5. The van der Waals surface area contributed by atoms with Crippen LogP contribution in [0.1, 0.15) is 248 Å². The molecular weight excluding hydrogens is 873 g/mol. The maximum atomic E-state index is 13.4. The topological polar surface area (TPSA) is 0 Å². The smallest absolute Gasteiger partial charge is 0.247 e. The largest absolute Gasteiger partial charge is 0.248 e. The molecule has 0 bridgehead atoms. The number of alkyl halides is 8. The summed E-state index contributed by atoms with van der Waals surface area (Å²) in [6, 6.07) is 0. The maximum Gasteiger partial charge on any atom is 0.248 e. The van der Waals surface area contributed by atoms with E-state index in [1.165, 1.54) is 25.7 Å². The Balaban J connectivity index is 0.000000398. The van der Waals surface area contributed by atoms with Crippen molar-refractivity contribution in [3.05, 3.63) is 0 Å². The highest BCUT2D eigenvalue weighted by atomic mass is 19.3. The molecular formula is C60H112F8. The average Bonchev–Trinajstić information content (AvgIpc) is 3.92.